The van der Waals surface area contributed by atoms with Crippen molar-refractivity contribution in [2.75, 3.05) is 5.32 Å². The number of aryl methyl sites for hydroxylation is 2. The lowest BCUT2D eigenvalue weighted by Crippen LogP contribution is -2.12. The number of nitrogens with one attached hydrogen (secondary N) is 1. The van der Waals surface area contributed by atoms with Crippen LogP contribution in [-0.2, 0) is 17.6 Å². The van der Waals surface area contributed by atoms with E-state index in [0.717, 1.165) is 33.8 Å². The molecule has 164 valence electrons. The Balaban J connectivity index is 1.14. The van der Waals surface area contributed by atoms with Crippen molar-refractivity contribution in [1.82, 2.24) is 15.2 Å². The molecular weight excluding hydrogens is 432 g/mol. The Bertz CT molecular complexity index is 1360. The van der Waals surface area contributed by atoms with Crippen molar-refractivity contribution >= 4 is 33.1 Å². The van der Waals surface area contributed by atoms with Crippen molar-refractivity contribution in [3.05, 3.63) is 94.8 Å². The second kappa shape index (κ2) is 9.34. The summed E-state index contributed by atoms with van der Waals surface area (Å²) >= 11 is 1.71. The summed E-state index contributed by atoms with van der Waals surface area (Å²) in [6.07, 6.45) is 1.43. The number of nitrogens with zero attached hydrogens (tertiary/aromatic N) is 3. The van der Waals surface area contributed by atoms with Crippen LogP contribution in [0.3, 0.4) is 0 Å². The van der Waals surface area contributed by atoms with E-state index in [1.54, 1.807) is 11.3 Å². The van der Waals surface area contributed by atoms with E-state index in [2.05, 4.69) is 26.6 Å². The second-order valence-corrected chi connectivity index (χ2v) is 8.98. The van der Waals surface area contributed by atoms with Gasteiger partial charge in [0.15, 0.2) is 0 Å². The fourth-order valence-corrected chi connectivity index (χ4v) is 4.49. The summed E-state index contributed by atoms with van der Waals surface area (Å²) < 4.78 is 6.89. The predicted molar refractivity (Wildman–Crippen MR) is 130 cm³/mol. The van der Waals surface area contributed by atoms with Crippen LogP contribution in [0.2, 0.25) is 0 Å². The van der Waals surface area contributed by atoms with Gasteiger partial charge in [-0.25, -0.2) is 4.98 Å². The zero-order valence-corrected chi connectivity index (χ0v) is 18.9. The molecule has 6 nitrogen and oxygen atoms in total. The summed E-state index contributed by atoms with van der Waals surface area (Å²) in [5.74, 6) is 0.824. The van der Waals surface area contributed by atoms with Crippen molar-refractivity contribution in [2.45, 2.75) is 26.2 Å². The molecule has 0 aliphatic carbocycles. The Morgan fingerprint density at radius 3 is 2.55 bits per heavy atom. The van der Waals surface area contributed by atoms with Gasteiger partial charge in [0.1, 0.15) is 0 Å². The molecule has 2 aromatic heterocycles. The van der Waals surface area contributed by atoms with Crippen LogP contribution in [0.1, 0.15) is 28.4 Å². The maximum Gasteiger partial charge on any atom is 0.247 e. The Hall–Kier alpha value is -3.84. The van der Waals surface area contributed by atoms with Crippen LogP contribution < -0.4 is 5.32 Å². The van der Waals surface area contributed by atoms with E-state index in [4.69, 9.17) is 4.42 Å². The molecule has 5 aromatic rings. The van der Waals surface area contributed by atoms with Gasteiger partial charge in [-0.15, -0.1) is 21.5 Å². The minimum atomic E-state index is -0.0935. The Morgan fingerprint density at radius 1 is 0.970 bits per heavy atom. The van der Waals surface area contributed by atoms with Gasteiger partial charge in [0.2, 0.25) is 17.7 Å². The molecule has 0 fully saturated rings. The monoisotopic (exact) mass is 454 g/mol. The zero-order chi connectivity index (χ0) is 22.6. The molecule has 1 N–H and O–H groups in total. The van der Waals surface area contributed by atoms with Crippen molar-refractivity contribution < 1.29 is 9.21 Å². The number of hydrogen-bond acceptors (Lipinski definition) is 6. The van der Waals surface area contributed by atoms with Gasteiger partial charge in [0.05, 0.1) is 15.2 Å². The number of benzene rings is 3. The Labute approximate surface area is 195 Å². The highest BCUT2D eigenvalue weighted by atomic mass is 32.1. The molecule has 0 aliphatic heterocycles. The Morgan fingerprint density at radius 2 is 1.76 bits per heavy atom. The quantitative estimate of drug-likeness (QED) is 0.335. The van der Waals surface area contributed by atoms with Gasteiger partial charge >= 0.3 is 0 Å². The molecule has 33 heavy (non-hydrogen) atoms. The number of carbonyl (C=O) groups excluding carboxylic acids is 1. The molecule has 0 atom stereocenters. The molecule has 5 rings (SSSR count). The first-order valence-electron chi connectivity index (χ1n) is 10.7. The lowest BCUT2D eigenvalue weighted by Gasteiger charge is -2.05. The first-order chi connectivity index (χ1) is 16.1. The lowest BCUT2D eigenvalue weighted by molar-refractivity contribution is -0.116. The number of thiazole rings is 1. The largest absolute Gasteiger partial charge is 0.421 e. The third-order valence-corrected chi connectivity index (χ3v) is 6.30. The molecule has 0 saturated carbocycles. The summed E-state index contributed by atoms with van der Waals surface area (Å²) in [6, 6.07) is 23.9. The van der Waals surface area contributed by atoms with Gasteiger partial charge in [-0.3, -0.25) is 4.79 Å². The van der Waals surface area contributed by atoms with E-state index in [0.29, 0.717) is 18.2 Å². The van der Waals surface area contributed by atoms with Crippen molar-refractivity contribution in [2.24, 2.45) is 0 Å². The zero-order valence-electron chi connectivity index (χ0n) is 18.1. The molecule has 0 unspecified atom stereocenters. The van der Waals surface area contributed by atoms with Crippen LogP contribution in [0.25, 0.3) is 21.7 Å². The normalized spacial score (nSPS) is 11.1. The number of aromatic nitrogens is 3. The topological polar surface area (TPSA) is 80.9 Å². The van der Waals surface area contributed by atoms with Crippen LogP contribution in [0.5, 0.6) is 0 Å². The molecular formula is C26H22N4O2S. The third kappa shape index (κ3) is 5.15. The number of para-hydroxylation sites is 1. The number of rotatable bonds is 7. The maximum atomic E-state index is 12.4. The first kappa shape index (κ1) is 21.0. The van der Waals surface area contributed by atoms with Gasteiger partial charge < -0.3 is 9.73 Å². The van der Waals surface area contributed by atoms with Gasteiger partial charge in [-0.05, 0) is 48.9 Å². The number of amides is 1. The molecule has 0 aliphatic rings. The van der Waals surface area contributed by atoms with Crippen LogP contribution in [0, 0.1) is 6.92 Å². The first-order valence-corrected chi connectivity index (χ1v) is 11.6. The molecule has 7 heteroatoms. The molecule has 1 amide bonds. The van der Waals surface area contributed by atoms with E-state index in [-0.39, 0.29) is 12.3 Å². The third-order valence-electron chi connectivity index (χ3n) is 5.26. The minimum absolute atomic E-state index is 0.0935. The summed E-state index contributed by atoms with van der Waals surface area (Å²) in [5.41, 5.74) is 4.99. The van der Waals surface area contributed by atoms with Gasteiger partial charge in [-0.2, -0.15) is 0 Å². The number of hydrogen-bond donors (Lipinski definition) is 1. The fraction of sp³-hybridized carbons (Fsp3) is 0.154. The van der Waals surface area contributed by atoms with Gasteiger partial charge in [0.25, 0.3) is 0 Å². The van der Waals surface area contributed by atoms with E-state index in [9.17, 15) is 4.79 Å². The summed E-state index contributed by atoms with van der Waals surface area (Å²) in [5, 5.41) is 12.2. The van der Waals surface area contributed by atoms with E-state index < -0.39 is 0 Å². The van der Waals surface area contributed by atoms with Crippen molar-refractivity contribution in [1.29, 1.82) is 0 Å². The number of carbonyl (C=O) groups is 1. The van der Waals surface area contributed by atoms with E-state index in [1.165, 1.54) is 10.3 Å². The molecule has 0 bridgehead atoms. The van der Waals surface area contributed by atoms with Gasteiger partial charge in [-0.1, -0.05) is 42.0 Å². The Kier molecular flexibility index (Phi) is 5.95. The fourth-order valence-electron chi connectivity index (χ4n) is 3.49. The molecule has 3 aromatic carbocycles. The van der Waals surface area contributed by atoms with Crippen molar-refractivity contribution in [3.63, 3.8) is 0 Å². The smallest absolute Gasteiger partial charge is 0.247 e. The standard InChI is InChI=1S/C26H22N4O2S/c1-17-6-10-19(11-7-17)26-30-29-24(32-26)15-14-23(31)27-20-12-8-18(9-13-20)16-25-28-21-4-2-3-5-22(21)33-25/h2-13H,14-16H2,1H3,(H,27,31). The SMILES string of the molecule is Cc1ccc(-c2nnc(CCC(=O)Nc3ccc(Cc4nc5ccccc5s4)cc3)o2)cc1. The van der Waals surface area contributed by atoms with E-state index in [1.807, 2.05) is 73.7 Å². The van der Waals surface area contributed by atoms with Crippen LogP contribution in [0.4, 0.5) is 5.69 Å². The lowest BCUT2D eigenvalue weighted by atomic mass is 10.1. The average molecular weight is 455 g/mol. The van der Waals surface area contributed by atoms with E-state index >= 15 is 0 Å². The summed E-state index contributed by atoms with van der Waals surface area (Å²) in [7, 11) is 0. The highest BCUT2D eigenvalue weighted by Crippen LogP contribution is 2.24. The highest BCUT2D eigenvalue weighted by molar-refractivity contribution is 7.18. The predicted octanol–water partition coefficient (Wildman–Crippen LogP) is 5.82. The average Bonchev–Trinajstić information content (AvgIpc) is 3.46. The maximum absolute atomic E-state index is 12.4. The molecule has 2 heterocycles. The number of fused-ring (bicyclic) bond motifs is 1. The summed E-state index contributed by atoms with van der Waals surface area (Å²) in [6.45, 7) is 2.03. The van der Waals surface area contributed by atoms with Crippen molar-refractivity contribution in [3.8, 4) is 11.5 Å². The van der Waals surface area contributed by atoms with Crippen LogP contribution in [-0.4, -0.2) is 21.1 Å². The molecule has 0 spiro atoms. The van der Waals surface area contributed by atoms with Gasteiger partial charge in [0, 0.05) is 30.5 Å². The molecule has 0 radical (unpaired) electrons. The molecule has 0 saturated heterocycles. The highest BCUT2D eigenvalue weighted by Gasteiger charge is 2.11. The second-order valence-electron chi connectivity index (χ2n) is 7.86. The summed E-state index contributed by atoms with van der Waals surface area (Å²) in [4.78, 5) is 17.1. The van der Waals surface area contributed by atoms with Crippen LogP contribution >= 0.6 is 11.3 Å². The minimum Gasteiger partial charge on any atom is -0.421 e. The number of anilines is 1. The van der Waals surface area contributed by atoms with Crippen LogP contribution in [0.15, 0.2) is 77.2 Å².